The van der Waals surface area contributed by atoms with E-state index in [0.717, 1.165) is 12.1 Å². The lowest BCUT2D eigenvalue weighted by molar-refractivity contribution is 0.257. The third-order valence-corrected chi connectivity index (χ3v) is 3.19. The predicted molar refractivity (Wildman–Crippen MR) is 89.0 cm³/mol. The Morgan fingerprint density at radius 1 is 1.24 bits per heavy atom. The molecule has 0 heterocycles. The van der Waals surface area contributed by atoms with E-state index in [1.807, 2.05) is 19.1 Å². The van der Waals surface area contributed by atoms with Crippen molar-refractivity contribution >= 4 is 34.7 Å². The van der Waals surface area contributed by atoms with Crippen LogP contribution in [0.5, 0.6) is 0 Å². The molecule has 0 saturated carbocycles. The monoisotopic (exact) mass is 303 g/mol. The Hall–Kier alpha value is -2.20. The molecule has 0 spiro atoms. The van der Waals surface area contributed by atoms with Crippen molar-refractivity contribution in [3.05, 3.63) is 53.6 Å². The second kappa shape index (κ2) is 6.99. The number of nitrogens with zero attached hydrogens (tertiary/aromatic N) is 1. The number of rotatable bonds is 4. The van der Waals surface area contributed by atoms with E-state index in [4.69, 9.17) is 17.3 Å². The second-order valence-electron chi connectivity index (χ2n) is 4.69. The SMILES string of the molecule is CCCN(C(=O)Nc1cccc(Cl)c1)c1cccc(N)c1. The standard InChI is InChI=1S/C16H18ClN3O/c1-2-9-20(15-8-4-6-13(18)11-15)16(21)19-14-7-3-5-12(17)10-14/h3-8,10-11H,2,9,18H2,1H3,(H,19,21). The topological polar surface area (TPSA) is 58.4 Å². The van der Waals surface area contributed by atoms with E-state index in [9.17, 15) is 4.79 Å². The van der Waals surface area contributed by atoms with E-state index in [-0.39, 0.29) is 6.03 Å². The maximum atomic E-state index is 12.5. The highest BCUT2D eigenvalue weighted by atomic mass is 35.5. The number of carbonyl (C=O) groups is 1. The van der Waals surface area contributed by atoms with Crippen molar-refractivity contribution in [3.63, 3.8) is 0 Å². The summed E-state index contributed by atoms with van der Waals surface area (Å²) in [6.45, 7) is 2.63. The molecule has 2 amide bonds. The minimum absolute atomic E-state index is 0.204. The first kappa shape index (κ1) is 15.2. The van der Waals surface area contributed by atoms with Gasteiger partial charge in [0, 0.05) is 28.6 Å². The van der Waals surface area contributed by atoms with Gasteiger partial charge in [-0.25, -0.2) is 4.79 Å². The Bertz CT molecular complexity index is 630. The van der Waals surface area contributed by atoms with Gasteiger partial charge >= 0.3 is 6.03 Å². The van der Waals surface area contributed by atoms with Gasteiger partial charge in [-0.2, -0.15) is 0 Å². The number of halogens is 1. The quantitative estimate of drug-likeness (QED) is 0.824. The van der Waals surface area contributed by atoms with Gasteiger partial charge in [0.15, 0.2) is 0 Å². The molecule has 21 heavy (non-hydrogen) atoms. The van der Waals surface area contributed by atoms with Crippen LogP contribution in [0.1, 0.15) is 13.3 Å². The summed E-state index contributed by atoms with van der Waals surface area (Å²) >= 11 is 5.93. The number of nitrogen functional groups attached to an aromatic ring is 1. The van der Waals surface area contributed by atoms with Crippen LogP contribution in [-0.2, 0) is 0 Å². The maximum absolute atomic E-state index is 12.5. The number of hydrogen-bond donors (Lipinski definition) is 2. The van der Waals surface area contributed by atoms with Crippen molar-refractivity contribution in [1.29, 1.82) is 0 Å². The predicted octanol–water partition coefficient (Wildman–Crippen LogP) is 4.37. The van der Waals surface area contributed by atoms with Gasteiger partial charge in [0.2, 0.25) is 0 Å². The average molecular weight is 304 g/mol. The van der Waals surface area contributed by atoms with Crippen LogP contribution in [0.15, 0.2) is 48.5 Å². The number of amides is 2. The van der Waals surface area contributed by atoms with E-state index in [1.165, 1.54) is 0 Å². The molecular weight excluding hydrogens is 286 g/mol. The maximum Gasteiger partial charge on any atom is 0.326 e. The summed E-state index contributed by atoms with van der Waals surface area (Å²) in [6, 6.07) is 14.1. The highest BCUT2D eigenvalue weighted by molar-refractivity contribution is 6.30. The van der Waals surface area contributed by atoms with Gasteiger partial charge in [0.25, 0.3) is 0 Å². The lowest BCUT2D eigenvalue weighted by Gasteiger charge is -2.23. The van der Waals surface area contributed by atoms with Gasteiger partial charge < -0.3 is 11.1 Å². The average Bonchev–Trinajstić information content (AvgIpc) is 2.44. The summed E-state index contributed by atoms with van der Waals surface area (Å²) in [4.78, 5) is 14.1. The van der Waals surface area contributed by atoms with Crippen LogP contribution < -0.4 is 16.0 Å². The molecule has 2 aromatic rings. The van der Waals surface area contributed by atoms with E-state index < -0.39 is 0 Å². The molecule has 3 N–H and O–H groups in total. The number of nitrogens with one attached hydrogen (secondary N) is 1. The Balaban J connectivity index is 2.19. The van der Waals surface area contributed by atoms with Crippen molar-refractivity contribution in [2.24, 2.45) is 0 Å². The van der Waals surface area contributed by atoms with Crippen molar-refractivity contribution in [2.75, 3.05) is 22.5 Å². The molecular formula is C16H18ClN3O. The summed E-state index contributed by atoms with van der Waals surface area (Å²) in [6.07, 6.45) is 0.845. The molecule has 110 valence electrons. The lowest BCUT2D eigenvalue weighted by atomic mass is 10.2. The number of nitrogens with two attached hydrogens (primary N) is 1. The zero-order chi connectivity index (χ0) is 15.2. The van der Waals surface area contributed by atoms with Crippen LogP contribution in [0.4, 0.5) is 21.9 Å². The van der Waals surface area contributed by atoms with Gasteiger partial charge in [0.1, 0.15) is 0 Å². The summed E-state index contributed by atoms with van der Waals surface area (Å²) in [7, 11) is 0. The molecule has 5 heteroatoms. The molecule has 4 nitrogen and oxygen atoms in total. The third kappa shape index (κ3) is 4.13. The summed E-state index contributed by atoms with van der Waals surface area (Å²) < 4.78 is 0. The summed E-state index contributed by atoms with van der Waals surface area (Å²) in [5.41, 5.74) is 7.86. The highest BCUT2D eigenvalue weighted by Crippen LogP contribution is 2.20. The molecule has 0 aliphatic rings. The van der Waals surface area contributed by atoms with Gasteiger partial charge in [0.05, 0.1) is 0 Å². The first-order valence-corrected chi connectivity index (χ1v) is 7.17. The molecule has 0 aliphatic heterocycles. The van der Waals surface area contributed by atoms with E-state index in [0.29, 0.717) is 22.9 Å². The Labute approximate surface area is 129 Å². The first-order valence-electron chi connectivity index (χ1n) is 6.80. The number of anilines is 3. The molecule has 0 saturated heterocycles. The van der Waals surface area contributed by atoms with Crippen molar-refractivity contribution < 1.29 is 4.79 Å². The van der Waals surface area contributed by atoms with Gasteiger partial charge in [-0.3, -0.25) is 4.90 Å². The van der Waals surface area contributed by atoms with E-state index in [2.05, 4.69) is 5.32 Å². The molecule has 0 aromatic heterocycles. The largest absolute Gasteiger partial charge is 0.399 e. The molecule has 2 rings (SSSR count). The van der Waals surface area contributed by atoms with Crippen LogP contribution in [0, 0.1) is 0 Å². The molecule has 0 aliphatic carbocycles. The minimum Gasteiger partial charge on any atom is -0.399 e. The van der Waals surface area contributed by atoms with Crippen molar-refractivity contribution in [2.45, 2.75) is 13.3 Å². The van der Waals surface area contributed by atoms with Crippen LogP contribution in [0.3, 0.4) is 0 Å². The molecule has 0 radical (unpaired) electrons. The van der Waals surface area contributed by atoms with Crippen molar-refractivity contribution in [3.8, 4) is 0 Å². The zero-order valence-electron chi connectivity index (χ0n) is 11.8. The van der Waals surface area contributed by atoms with Crippen LogP contribution in [-0.4, -0.2) is 12.6 Å². The van der Waals surface area contributed by atoms with Crippen LogP contribution in [0.25, 0.3) is 0 Å². The molecule has 0 atom stereocenters. The minimum atomic E-state index is -0.204. The van der Waals surface area contributed by atoms with Gasteiger partial charge in [-0.05, 0) is 42.8 Å². The normalized spacial score (nSPS) is 10.2. The number of urea groups is 1. The molecule has 2 aromatic carbocycles. The van der Waals surface area contributed by atoms with E-state index >= 15 is 0 Å². The van der Waals surface area contributed by atoms with Crippen LogP contribution in [0.2, 0.25) is 5.02 Å². The number of hydrogen-bond acceptors (Lipinski definition) is 2. The fourth-order valence-corrected chi connectivity index (χ4v) is 2.21. The summed E-state index contributed by atoms with van der Waals surface area (Å²) in [5, 5.41) is 3.43. The number of carbonyl (C=O) groups excluding carboxylic acids is 1. The highest BCUT2D eigenvalue weighted by Gasteiger charge is 2.15. The third-order valence-electron chi connectivity index (χ3n) is 2.95. The Kier molecular flexibility index (Phi) is 5.06. The van der Waals surface area contributed by atoms with Gasteiger partial charge in [-0.1, -0.05) is 30.7 Å². The zero-order valence-corrected chi connectivity index (χ0v) is 12.6. The number of benzene rings is 2. The Morgan fingerprint density at radius 2 is 2.00 bits per heavy atom. The lowest BCUT2D eigenvalue weighted by Crippen LogP contribution is -2.35. The summed E-state index contributed by atoms with van der Waals surface area (Å²) in [5.74, 6) is 0. The fraction of sp³-hybridized carbons (Fsp3) is 0.188. The first-order chi connectivity index (χ1) is 10.1. The second-order valence-corrected chi connectivity index (χ2v) is 5.12. The smallest absolute Gasteiger partial charge is 0.326 e. The molecule has 0 unspecified atom stereocenters. The molecule has 0 bridgehead atoms. The van der Waals surface area contributed by atoms with E-state index in [1.54, 1.807) is 41.3 Å². The van der Waals surface area contributed by atoms with Crippen molar-refractivity contribution in [1.82, 2.24) is 0 Å². The Morgan fingerprint density at radius 3 is 2.67 bits per heavy atom. The fourth-order valence-electron chi connectivity index (χ4n) is 2.02. The van der Waals surface area contributed by atoms with Crippen LogP contribution >= 0.6 is 11.6 Å². The van der Waals surface area contributed by atoms with Gasteiger partial charge in [-0.15, -0.1) is 0 Å². The molecule has 0 fully saturated rings.